The molecule has 0 amide bonds. The zero-order valence-corrected chi connectivity index (χ0v) is 10.7. The molecule has 3 aromatic heterocycles. The highest BCUT2D eigenvalue weighted by Gasteiger charge is 2.16. The zero-order valence-electron chi connectivity index (χ0n) is 9.92. The molecule has 3 rings (SSSR count). The Labute approximate surface area is 108 Å². The van der Waals surface area contributed by atoms with E-state index in [0.717, 1.165) is 16.8 Å². The molecular weight excluding hydrogens is 252 g/mol. The van der Waals surface area contributed by atoms with Crippen molar-refractivity contribution >= 4 is 11.6 Å². The molecule has 0 aliphatic heterocycles. The summed E-state index contributed by atoms with van der Waals surface area (Å²) in [4.78, 5) is 0. The number of halogens is 1. The first-order chi connectivity index (χ1) is 8.65. The van der Waals surface area contributed by atoms with Crippen LogP contribution in [0.1, 0.15) is 0 Å². The van der Waals surface area contributed by atoms with E-state index in [1.54, 1.807) is 21.8 Å². The van der Waals surface area contributed by atoms with Crippen molar-refractivity contribution in [1.29, 1.82) is 0 Å². The van der Waals surface area contributed by atoms with Gasteiger partial charge in [-0.05, 0) is 0 Å². The van der Waals surface area contributed by atoms with Gasteiger partial charge in [0.05, 0.1) is 23.1 Å². The molecule has 0 aliphatic rings. The molecule has 0 spiro atoms. The van der Waals surface area contributed by atoms with E-state index < -0.39 is 0 Å². The highest BCUT2D eigenvalue weighted by molar-refractivity contribution is 6.35. The van der Waals surface area contributed by atoms with Crippen molar-refractivity contribution < 1.29 is 0 Å². The number of nitrogens with zero attached hydrogens (tertiary/aromatic N) is 5. The number of aromatic amines is 1. The minimum Gasteiger partial charge on any atom is -0.276 e. The molecular formula is C11H11ClN6. The number of H-pyrrole nitrogens is 1. The van der Waals surface area contributed by atoms with E-state index in [4.69, 9.17) is 11.6 Å². The summed E-state index contributed by atoms with van der Waals surface area (Å²) in [5, 5.41) is 16.0. The van der Waals surface area contributed by atoms with E-state index in [9.17, 15) is 0 Å². The number of rotatable bonds is 2. The van der Waals surface area contributed by atoms with Crippen LogP contribution < -0.4 is 0 Å². The van der Waals surface area contributed by atoms with Gasteiger partial charge in [-0.3, -0.25) is 14.5 Å². The van der Waals surface area contributed by atoms with Gasteiger partial charge < -0.3 is 0 Å². The van der Waals surface area contributed by atoms with Gasteiger partial charge in [-0.2, -0.15) is 15.3 Å². The summed E-state index contributed by atoms with van der Waals surface area (Å²) in [5.41, 5.74) is 3.26. The standard InChI is InChI=1S/C11H11ClN6/c1-17-5-7(3-13-17)10-9(12)11(16-15-10)8-4-14-18(2)6-8/h3-6H,1-2H3,(H,15,16). The van der Waals surface area contributed by atoms with Crippen LogP contribution in [0.4, 0.5) is 0 Å². The molecule has 3 heterocycles. The fourth-order valence-corrected chi connectivity index (χ4v) is 2.11. The maximum atomic E-state index is 6.34. The fraction of sp³-hybridized carbons (Fsp3) is 0.182. The molecule has 0 aliphatic carbocycles. The molecule has 1 N–H and O–H groups in total. The van der Waals surface area contributed by atoms with E-state index in [2.05, 4.69) is 20.4 Å². The molecule has 6 nitrogen and oxygen atoms in total. The number of hydrogen-bond acceptors (Lipinski definition) is 3. The number of hydrogen-bond donors (Lipinski definition) is 1. The van der Waals surface area contributed by atoms with Gasteiger partial charge >= 0.3 is 0 Å². The van der Waals surface area contributed by atoms with Crippen molar-refractivity contribution in [3.8, 4) is 22.5 Å². The molecule has 0 aromatic carbocycles. The monoisotopic (exact) mass is 262 g/mol. The molecule has 3 aromatic rings. The molecule has 0 atom stereocenters. The molecule has 7 heteroatoms. The van der Waals surface area contributed by atoms with Gasteiger partial charge in [0.15, 0.2) is 0 Å². The third kappa shape index (κ3) is 1.70. The number of aryl methyl sites for hydroxylation is 2. The lowest BCUT2D eigenvalue weighted by Gasteiger charge is -1.93. The smallest absolute Gasteiger partial charge is 0.114 e. The molecule has 0 radical (unpaired) electrons. The summed E-state index contributed by atoms with van der Waals surface area (Å²) in [5.74, 6) is 0. The van der Waals surface area contributed by atoms with Crippen LogP contribution in [0.25, 0.3) is 22.5 Å². The van der Waals surface area contributed by atoms with Crippen LogP contribution in [0.2, 0.25) is 5.02 Å². The third-order valence-electron chi connectivity index (χ3n) is 2.68. The zero-order chi connectivity index (χ0) is 12.7. The van der Waals surface area contributed by atoms with Crippen LogP contribution in [0.3, 0.4) is 0 Å². The van der Waals surface area contributed by atoms with Crippen LogP contribution in [0, 0.1) is 0 Å². The first kappa shape index (κ1) is 11.0. The quantitative estimate of drug-likeness (QED) is 0.767. The first-order valence-corrected chi connectivity index (χ1v) is 5.75. The van der Waals surface area contributed by atoms with Crippen LogP contribution in [-0.4, -0.2) is 29.8 Å². The van der Waals surface area contributed by atoms with Gasteiger partial charge in [0.1, 0.15) is 5.69 Å². The van der Waals surface area contributed by atoms with Gasteiger partial charge in [0.25, 0.3) is 0 Å². The van der Waals surface area contributed by atoms with Crippen molar-refractivity contribution in [3.63, 3.8) is 0 Å². The highest BCUT2D eigenvalue weighted by atomic mass is 35.5. The predicted molar refractivity (Wildman–Crippen MR) is 68.0 cm³/mol. The average Bonchev–Trinajstić information content (AvgIpc) is 3.00. The lowest BCUT2D eigenvalue weighted by atomic mass is 10.2. The van der Waals surface area contributed by atoms with E-state index in [1.165, 1.54) is 0 Å². The minimum atomic E-state index is 0.580. The van der Waals surface area contributed by atoms with Crippen molar-refractivity contribution in [3.05, 3.63) is 29.8 Å². The second-order valence-corrected chi connectivity index (χ2v) is 4.44. The summed E-state index contributed by atoms with van der Waals surface area (Å²) in [6.45, 7) is 0. The second kappa shape index (κ2) is 3.99. The third-order valence-corrected chi connectivity index (χ3v) is 3.05. The van der Waals surface area contributed by atoms with Crippen LogP contribution in [0.15, 0.2) is 24.8 Å². The summed E-state index contributed by atoms with van der Waals surface area (Å²) in [6.07, 6.45) is 7.23. The Bertz CT molecular complexity index is 634. The van der Waals surface area contributed by atoms with Gasteiger partial charge in [-0.1, -0.05) is 11.6 Å². The normalized spacial score (nSPS) is 11.1. The van der Waals surface area contributed by atoms with Crippen molar-refractivity contribution in [2.24, 2.45) is 14.1 Å². The van der Waals surface area contributed by atoms with E-state index >= 15 is 0 Å². The first-order valence-electron chi connectivity index (χ1n) is 5.37. The molecule has 0 saturated heterocycles. The number of aromatic nitrogens is 6. The molecule has 18 heavy (non-hydrogen) atoms. The Morgan fingerprint density at radius 2 is 1.67 bits per heavy atom. The van der Waals surface area contributed by atoms with Gasteiger partial charge in [0.2, 0.25) is 0 Å². The molecule has 92 valence electrons. The van der Waals surface area contributed by atoms with Gasteiger partial charge in [0, 0.05) is 37.6 Å². The second-order valence-electron chi connectivity index (χ2n) is 4.07. The molecule has 0 unspecified atom stereocenters. The van der Waals surface area contributed by atoms with E-state index in [1.807, 2.05) is 26.5 Å². The van der Waals surface area contributed by atoms with Crippen molar-refractivity contribution in [1.82, 2.24) is 29.8 Å². The Hall–Kier alpha value is -2.08. The topological polar surface area (TPSA) is 64.3 Å². The maximum absolute atomic E-state index is 6.34. The SMILES string of the molecule is Cn1cc(-c2n[nH]c(-c3cnn(C)c3)c2Cl)cn1. The van der Waals surface area contributed by atoms with Crippen LogP contribution in [-0.2, 0) is 14.1 Å². The summed E-state index contributed by atoms with van der Waals surface area (Å²) in [7, 11) is 3.71. The van der Waals surface area contributed by atoms with Crippen LogP contribution in [0.5, 0.6) is 0 Å². The minimum absolute atomic E-state index is 0.580. The van der Waals surface area contributed by atoms with Crippen molar-refractivity contribution in [2.45, 2.75) is 0 Å². The van der Waals surface area contributed by atoms with Crippen LogP contribution >= 0.6 is 11.6 Å². The van der Waals surface area contributed by atoms with Gasteiger partial charge in [-0.25, -0.2) is 0 Å². The summed E-state index contributed by atoms with van der Waals surface area (Å²) in [6, 6.07) is 0. The summed E-state index contributed by atoms with van der Waals surface area (Å²) < 4.78 is 3.43. The molecule has 0 bridgehead atoms. The summed E-state index contributed by atoms with van der Waals surface area (Å²) >= 11 is 6.34. The Kier molecular flexibility index (Phi) is 2.45. The Balaban J connectivity index is 2.08. The lowest BCUT2D eigenvalue weighted by Crippen LogP contribution is -1.84. The van der Waals surface area contributed by atoms with E-state index in [0.29, 0.717) is 10.7 Å². The number of nitrogens with one attached hydrogen (secondary N) is 1. The lowest BCUT2D eigenvalue weighted by molar-refractivity contribution is 0.768. The molecule has 0 saturated carbocycles. The van der Waals surface area contributed by atoms with E-state index in [-0.39, 0.29) is 0 Å². The fourth-order valence-electron chi connectivity index (χ4n) is 1.80. The van der Waals surface area contributed by atoms with Crippen molar-refractivity contribution in [2.75, 3.05) is 0 Å². The Morgan fingerprint density at radius 1 is 1.06 bits per heavy atom. The maximum Gasteiger partial charge on any atom is 0.114 e. The average molecular weight is 263 g/mol. The van der Waals surface area contributed by atoms with Gasteiger partial charge in [-0.15, -0.1) is 0 Å². The Morgan fingerprint density at radius 3 is 2.22 bits per heavy atom. The predicted octanol–water partition coefficient (Wildman–Crippen LogP) is 1.86. The largest absolute Gasteiger partial charge is 0.276 e. The highest BCUT2D eigenvalue weighted by Crippen LogP contribution is 2.33. The molecule has 0 fully saturated rings.